The number of thiophene rings is 1. The van der Waals surface area contributed by atoms with Crippen LogP contribution in [0.1, 0.15) is 32.6 Å². The predicted octanol–water partition coefficient (Wildman–Crippen LogP) is 3.74. The Balaban J connectivity index is 3.04. The molecule has 0 spiro atoms. The highest BCUT2D eigenvalue weighted by atomic mass is 32.1. The molecule has 17 heavy (non-hydrogen) atoms. The van der Waals surface area contributed by atoms with Crippen molar-refractivity contribution < 1.29 is 9.53 Å². The maximum absolute atomic E-state index is 11.8. The van der Waals surface area contributed by atoms with Crippen LogP contribution in [-0.4, -0.2) is 11.6 Å². The zero-order chi connectivity index (χ0) is 13.1. The first-order valence-corrected chi connectivity index (χ1v) is 6.08. The molecule has 1 aromatic heterocycles. The van der Waals surface area contributed by atoms with E-state index in [0.717, 1.165) is 4.88 Å². The Morgan fingerprint density at radius 2 is 2.12 bits per heavy atom. The lowest BCUT2D eigenvalue weighted by Crippen LogP contribution is -2.24. The van der Waals surface area contributed by atoms with Crippen molar-refractivity contribution in [3.63, 3.8) is 0 Å². The summed E-state index contributed by atoms with van der Waals surface area (Å²) in [5.74, 6) is -0.557. The summed E-state index contributed by atoms with van der Waals surface area (Å²) < 4.78 is 5.20. The number of allylic oxidation sites excluding steroid dienone is 1. The predicted molar refractivity (Wildman–Crippen MR) is 69.4 cm³/mol. The van der Waals surface area contributed by atoms with E-state index < -0.39 is 11.6 Å². The van der Waals surface area contributed by atoms with Gasteiger partial charge >= 0.3 is 5.97 Å². The van der Waals surface area contributed by atoms with E-state index in [1.807, 2.05) is 17.5 Å². The van der Waals surface area contributed by atoms with Crippen molar-refractivity contribution in [2.45, 2.75) is 33.3 Å². The van der Waals surface area contributed by atoms with Crippen LogP contribution in [0.25, 0.3) is 10.4 Å². The van der Waals surface area contributed by atoms with E-state index in [0.29, 0.717) is 5.57 Å². The van der Waals surface area contributed by atoms with Crippen molar-refractivity contribution in [3.8, 4) is 0 Å². The third kappa shape index (κ3) is 3.72. The zero-order valence-electron chi connectivity index (χ0n) is 10.4. The Hall–Kier alpha value is -1.60. The molecule has 1 rings (SSSR count). The maximum atomic E-state index is 11.8. The van der Waals surface area contributed by atoms with Crippen LogP contribution < -0.4 is 0 Å². The normalized spacial score (nSPS) is 12.6. The molecule has 1 heterocycles. The Labute approximate surface area is 106 Å². The van der Waals surface area contributed by atoms with E-state index in [9.17, 15) is 4.79 Å². The van der Waals surface area contributed by atoms with Gasteiger partial charge in [0, 0.05) is 4.88 Å². The van der Waals surface area contributed by atoms with Gasteiger partial charge in [0.25, 0.3) is 5.70 Å². The largest absolute Gasteiger partial charge is 0.465 e. The number of carbonyl (C=O) groups is 1. The molecule has 0 N–H and O–H groups in total. The molecule has 0 aliphatic rings. The Morgan fingerprint density at radius 1 is 1.47 bits per heavy atom. The van der Waals surface area contributed by atoms with Gasteiger partial charge in [-0.15, -0.1) is 11.3 Å². The number of hydrogen-bond donors (Lipinski definition) is 0. The molecule has 0 unspecified atom stereocenters. The molecule has 0 aliphatic carbocycles. The second kappa shape index (κ2) is 5.15. The molecule has 0 aromatic carbocycles. The number of nitrogens with zero attached hydrogens (tertiary/aromatic N) is 1. The summed E-state index contributed by atoms with van der Waals surface area (Å²) in [6.07, 6.45) is 0. The fourth-order valence-electron chi connectivity index (χ4n) is 1.22. The highest BCUT2D eigenvalue weighted by molar-refractivity contribution is 7.11. The third-order valence-electron chi connectivity index (χ3n) is 1.95. The molecule has 4 heteroatoms. The summed E-state index contributed by atoms with van der Waals surface area (Å²) in [5, 5.41) is 1.91. The van der Waals surface area contributed by atoms with Crippen molar-refractivity contribution in [3.05, 3.63) is 39.5 Å². The topological polar surface area (TPSA) is 30.7 Å². The minimum atomic E-state index is -0.581. The van der Waals surface area contributed by atoms with Crippen LogP contribution in [0.2, 0.25) is 0 Å². The lowest BCUT2D eigenvalue weighted by atomic mass is 10.1. The summed E-state index contributed by atoms with van der Waals surface area (Å²) in [5.41, 5.74) is 0.148. The molecule has 3 nitrogen and oxygen atoms in total. The summed E-state index contributed by atoms with van der Waals surface area (Å²) >= 11 is 1.50. The van der Waals surface area contributed by atoms with Crippen LogP contribution in [0, 0.1) is 6.57 Å². The Bertz CT molecular complexity index is 473. The van der Waals surface area contributed by atoms with Crippen LogP contribution in [0.4, 0.5) is 0 Å². The van der Waals surface area contributed by atoms with Gasteiger partial charge < -0.3 is 4.74 Å². The summed E-state index contributed by atoms with van der Waals surface area (Å²) in [6.45, 7) is 14.2. The molecule has 1 aromatic rings. The molecule has 0 bridgehead atoms. The van der Waals surface area contributed by atoms with Crippen LogP contribution in [0.3, 0.4) is 0 Å². The second-order valence-electron chi connectivity index (χ2n) is 4.56. The molecular formula is C13H15NO2S. The highest BCUT2D eigenvalue weighted by Gasteiger charge is 2.22. The molecule has 0 atom stereocenters. The van der Waals surface area contributed by atoms with Crippen molar-refractivity contribution in [1.82, 2.24) is 0 Å². The first-order chi connectivity index (χ1) is 7.85. The Morgan fingerprint density at radius 3 is 2.53 bits per heavy atom. The van der Waals surface area contributed by atoms with Crippen LogP contribution in [-0.2, 0) is 9.53 Å². The molecule has 0 saturated carbocycles. The molecular weight excluding hydrogens is 234 g/mol. The molecule has 0 radical (unpaired) electrons. The average Bonchev–Trinajstić information content (AvgIpc) is 2.68. The van der Waals surface area contributed by atoms with Gasteiger partial charge in [-0.25, -0.2) is 4.85 Å². The summed E-state index contributed by atoms with van der Waals surface area (Å²) in [4.78, 5) is 16.0. The van der Waals surface area contributed by atoms with Gasteiger partial charge in [0.1, 0.15) is 5.60 Å². The van der Waals surface area contributed by atoms with Crippen molar-refractivity contribution in [1.29, 1.82) is 0 Å². The van der Waals surface area contributed by atoms with Gasteiger partial charge in [0.2, 0.25) is 0 Å². The van der Waals surface area contributed by atoms with Gasteiger partial charge in [-0.1, -0.05) is 6.07 Å². The van der Waals surface area contributed by atoms with Crippen molar-refractivity contribution in [2.75, 3.05) is 0 Å². The van der Waals surface area contributed by atoms with Gasteiger partial charge in [-0.3, -0.25) is 4.79 Å². The first-order valence-electron chi connectivity index (χ1n) is 5.20. The molecule has 0 amide bonds. The van der Waals surface area contributed by atoms with Gasteiger partial charge in [0.05, 0.1) is 6.57 Å². The van der Waals surface area contributed by atoms with E-state index in [4.69, 9.17) is 11.3 Å². The SMILES string of the molecule is [C-]#[N+]/C(C(=O)OC(C)(C)C)=C(/C)c1cccs1. The van der Waals surface area contributed by atoms with Crippen molar-refractivity contribution in [2.24, 2.45) is 0 Å². The van der Waals surface area contributed by atoms with Crippen LogP contribution in [0.15, 0.2) is 23.2 Å². The number of carbonyl (C=O) groups excluding carboxylic acids is 1. The number of rotatable bonds is 2. The quantitative estimate of drug-likeness (QED) is 0.454. The molecule has 0 saturated heterocycles. The van der Waals surface area contributed by atoms with Gasteiger partial charge in [0.15, 0.2) is 0 Å². The summed E-state index contributed by atoms with van der Waals surface area (Å²) in [7, 11) is 0. The maximum Gasteiger partial charge on any atom is 0.337 e. The monoisotopic (exact) mass is 249 g/mol. The average molecular weight is 249 g/mol. The standard InChI is InChI=1S/C13H15NO2S/c1-9(10-7-6-8-17-10)11(14-5)12(15)16-13(2,3)4/h6-8H,1-4H3/b11-9-. The van der Waals surface area contributed by atoms with E-state index in [1.165, 1.54) is 11.3 Å². The number of ether oxygens (including phenoxy) is 1. The second-order valence-corrected chi connectivity index (χ2v) is 5.51. The van der Waals surface area contributed by atoms with E-state index >= 15 is 0 Å². The Kier molecular flexibility index (Phi) is 4.08. The minimum absolute atomic E-state index is 0.0578. The number of hydrogen-bond acceptors (Lipinski definition) is 3. The molecule has 0 aliphatic heterocycles. The summed E-state index contributed by atoms with van der Waals surface area (Å²) in [6, 6.07) is 3.77. The fourth-order valence-corrected chi connectivity index (χ4v) is 1.95. The van der Waals surface area contributed by atoms with Crippen molar-refractivity contribution >= 4 is 22.9 Å². The lowest BCUT2D eigenvalue weighted by molar-refractivity contribution is -0.149. The number of esters is 1. The first kappa shape index (κ1) is 13.5. The third-order valence-corrected chi connectivity index (χ3v) is 2.94. The molecule has 0 fully saturated rings. The van der Waals surface area contributed by atoms with Crippen LogP contribution in [0.5, 0.6) is 0 Å². The van der Waals surface area contributed by atoms with E-state index in [-0.39, 0.29) is 5.70 Å². The highest BCUT2D eigenvalue weighted by Crippen LogP contribution is 2.25. The fraction of sp³-hybridized carbons (Fsp3) is 0.385. The lowest BCUT2D eigenvalue weighted by Gasteiger charge is -2.19. The minimum Gasteiger partial charge on any atom is -0.465 e. The zero-order valence-corrected chi connectivity index (χ0v) is 11.2. The van der Waals surface area contributed by atoms with E-state index in [1.54, 1.807) is 27.7 Å². The van der Waals surface area contributed by atoms with Crippen LogP contribution >= 0.6 is 11.3 Å². The van der Waals surface area contributed by atoms with Gasteiger partial charge in [-0.2, -0.15) is 0 Å². The van der Waals surface area contributed by atoms with Gasteiger partial charge in [-0.05, 0) is 44.7 Å². The van der Waals surface area contributed by atoms with E-state index in [2.05, 4.69) is 4.85 Å². The molecule has 90 valence electrons. The smallest absolute Gasteiger partial charge is 0.337 e.